The van der Waals surface area contributed by atoms with Gasteiger partial charge in [0.05, 0.1) is 5.69 Å². The molecule has 0 N–H and O–H groups in total. The summed E-state index contributed by atoms with van der Waals surface area (Å²) < 4.78 is 0. The van der Waals surface area contributed by atoms with Crippen LogP contribution in [0.25, 0.3) is 5.57 Å². The van der Waals surface area contributed by atoms with Crippen molar-refractivity contribution in [3.05, 3.63) is 35.7 Å². The van der Waals surface area contributed by atoms with Crippen LogP contribution < -0.4 is 0 Å². The molecule has 0 atom stereocenters. The maximum atomic E-state index is 4.97. The van der Waals surface area contributed by atoms with Gasteiger partial charge >= 0.3 is 0 Å². The highest BCUT2D eigenvalue weighted by molar-refractivity contribution is 5.63. The van der Waals surface area contributed by atoms with Crippen LogP contribution in [0.1, 0.15) is 70.7 Å². The molecule has 0 fully saturated rings. The lowest BCUT2D eigenvalue weighted by atomic mass is 9.82. The third kappa shape index (κ3) is 3.46. The van der Waals surface area contributed by atoms with Gasteiger partial charge in [0.2, 0.25) is 0 Å². The normalized spacial score (nSPS) is 16.3. The molecule has 0 saturated carbocycles. The van der Waals surface area contributed by atoms with Gasteiger partial charge in [-0.05, 0) is 55.2 Å². The molecular weight excluding hydrogens is 230 g/mol. The Balaban J connectivity index is 2.30. The van der Waals surface area contributed by atoms with Crippen molar-refractivity contribution in [1.82, 2.24) is 4.98 Å². The number of aromatic nitrogens is 1. The molecule has 0 bridgehead atoms. The fourth-order valence-electron chi connectivity index (χ4n) is 3.34. The molecule has 0 saturated heterocycles. The Labute approximate surface area is 118 Å². The molecule has 2 rings (SSSR count). The van der Waals surface area contributed by atoms with E-state index in [4.69, 9.17) is 4.98 Å². The zero-order chi connectivity index (χ0) is 13.8. The van der Waals surface area contributed by atoms with Gasteiger partial charge in [0.25, 0.3) is 0 Å². The van der Waals surface area contributed by atoms with E-state index in [9.17, 15) is 0 Å². The van der Waals surface area contributed by atoms with Crippen molar-refractivity contribution < 1.29 is 0 Å². The Kier molecular flexibility index (Phi) is 4.79. The maximum absolute atomic E-state index is 4.97. The Morgan fingerprint density at radius 1 is 1.00 bits per heavy atom. The van der Waals surface area contributed by atoms with Crippen LogP contribution in [0.5, 0.6) is 0 Å². The zero-order valence-corrected chi connectivity index (χ0v) is 12.8. The summed E-state index contributed by atoms with van der Waals surface area (Å²) in [5, 5.41) is 0. The van der Waals surface area contributed by atoms with Crippen LogP contribution in [0.2, 0.25) is 0 Å². The molecule has 0 spiro atoms. The smallest absolute Gasteiger partial charge is 0.0661 e. The number of rotatable bonds is 4. The van der Waals surface area contributed by atoms with Crippen molar-refractivity contribution >= 4 is 5.57 Å². The summed E-state index contributed by atoms with van der Waals surface area (Å²) in [6.07, 6.45) is 7.46. The highest BCUT2D eigenvalue weighted by Crippen LogP contribution is 2.32. The molecule has 0 amide bonds. The minimum atomic E-state index is 0.559. The molecule has 0 aliphatic heterocycles. The summed E-state index contributed by atoms with van der Waals surface area (Å²) in [5.74, 6) is 1.84. The molecule has 0 radical (unpaired) electrons. The molecule has 0 aromatic carbocycles. The molecule has 1 aromatic rings. The van der Waals surface area contributed by atoms with Crippen molar-refractivity contribution in [2.24, 2.45) is 11.8 Å². The largest absolute Gasteiger partial charge is 0.253 e. The van der Waals surface area contributed by atoms with Gasteiger partial charge in [0, 0.05) is 11.6 Å². The molecule has 1 nitrogen and oxygen atoms in total. The number of nitrogens with zero attached hydrogens (tertiary/aromatic N) is 1. The van der Waals surface area contributed by atoms with Crippen LogP contribution in [0, 0.1) is 11.8 Å². The third-order valence-electron chi connectivity index (χ3n) is 4.17. The SMILES string of the molecule is CC(C)C(c1cccc(C2=CCCCC2)n1)C(C)C. The summed E-state index contributed by atoms with van der Waals surface area (Å²) in [5.41, 5.74) is 3.94. The Morgan fingerprint density at radius 2 is 1.74 bits per heavy atom. The first kappa shape index (κ1) is 14.3. The molecule has 0 unspecified atom stereocenters. The van der Waals surface area contributed by atoms with Gasteiger partial charge < -0.3 is 0 Å². The minimum absolute atomic E-state index is 0.559. The molecule has 1 heterocycles. The molecule has 1 aliphatic rings. The summed E-state index contributed by atoms with van der Waals surface area (Å²) in [4.78, 5) is 4.97. The van der Waals surface area contributed by atoms with E-state index >= 15 is 0 Å². The van der Waals surface area contributed by atoms with Gasteiger partial charge in [-0.3, -0.25) is 4.98 Å². The van der Waals surface area contributed by atoms with Gasteiger partial charge in [0.15, 0.2) is 0 Å². The predicted octanol–water partition coefficient (Wildman–Crippen LogP) is 5.43. The molecule has 19 heavy (non-hydrogen) atoms. The van der Waals surface area contributed by atoms with Gasteiger partial charge in [-0.1, -0.05) is 39.8 Å². The maximum Gasteiger partial charge on any atom is 0.0661 e. The average Bonchev–Trinajstić information content (AvgIpc) is 2.39. The number of hydrogen-bond donors (Lipinski definition) is 0. The van der Waals surface area contributed by atoms with E-state index in [-0.39, 0.29) is 0 Å². The van der Waals surface area contributed by atoms with E-state index in [1.807, 2.05) is 0 Å². The predicted molar refractivity (Wildman–Crippen MR) is 83.1 cm³/mol. The standard InChI is InChI=1S/C18H27N/c1-13(2)18(14(3)4)17-12-8-11-16(19-17)15-9-6-5-7-10-15/h8-9,11-14,18H,5-7,10H2,1-4H3. The van der Waals surface area contributed by atoms with Crippen molar-refractivity contribution in [1.29, 1.82) is 0 Å². The summed E-state index contributed by atoms with van der Waals surface area (Å²) in [6, 6.07) is 6.57. The third-order valence-corrected chi connectivity index (χ3v) is 4.17. The highest BCUT2D eigenvalue weighted by Gasteiger charge is 2.21. The summed E-state index contributed by atoms with van der Waals surface area (Å²) >= 11 is 0. The highest BCUT2D eigenvalue weighted by atomic mass is 14.7. The van der Waals surface area contributed by atoms with E-state index in [1.54, 1.807) is 0 Å². The Morgan fingerprint density at radius 3 is 2.32 bits per heavy atom. The first-order valence-electron chi connectivity index (χ1n) is 7.76. The average molecular weight is 257 g/mol. The molecule has 1 aromatic heterocycles. The van der Waals surface area contributed by atoms with Crippen molar-refractivity contribution in [2.45, 2.75) is 59.3 Å². The molecule has 1 aliphatic carbocycles. The summed E-state index contributed by atoms with van der Waals surface area (Å²) in [6.45, 7) is 9.22. The monoisotopic (exact) mass is 257 g/mol. The first-order valence-corrected chi connectivity index (χ1v) is 7.76. The van der Waals surface area contributed by atoms with E-state index in [0.29, 0.717) is 17.8 Å². The lowest BCUT2D eigenvalue weighted by Gasteiger charge is -2.25. The van der Waals surface area contributed by atoms with Crippen molar-refractivity contribution in [2.75, 3.05) is 0 Å². The second-order valence-corrected chi connectivity index (χ2v) is 6.44. The minimum Gasteiger partial charge on any atom is -0.253 e. The van der Waals surface area contributed by atoms with E-state index in [1.165, 1.54) is 42.6 Å². The number of allylic oxidation sites excluding steroid dienone is 2. The second-order valence-electron chi connectivity index (χ2n) is 6.44. The molecular formula is C18H27N. The lowest BCUT2D eigenvalue weighted by molar-refractivity contribution is 0.380. The van der Waals surface area contributed by atoms with Crippen molar-refractivity contribution in [3.8, 4) is 0 Å². The van der Waals surface area contributed by atoms with E-state index in [0.717, 1.165) is 0 Å². The van der Waals surface area contributed by atoms with Gasteiger partial charge in [-0.2, -0.15) is 0 Å². The van der Waals surface area contributed by atoms with Gasteiger partial charge in [-0.25, -0.2) is 0 Å². The number of pyridine rings is 1. The summed E-state index contributed by atoms with van der Waals surface area (Å²) in [7, 11) is 0. The van der Waals surface area contributed by atoms with Crippen LogP contribution in [0.15, 0.2) is 24.3 Å². The molecule has 1 heteroatoms. The van der Waals surface area contributed by atoms with Crippen LogP contribution in [0.4, 0.5) is 0 Å². The van der Waals surface area contributed by atoms with Crippen LogP contribution in [0.3, 0.4) is 0 Å². The quantitative estimate of drug-likeness (QED) is 0.700. The van der Waals surface area contributed by atoms with Gasteiger partial charge in [-0.15, -0.1) is 0 Å². The van der Waals surface area contributed by atoms with Crippen LogP contribution in [-0.2, 0) is 0 Å². The number of hydrogen-bond acceptors (Lipinski definition) is 1. The van der Waals surface area contributed by atoms with Gasteiger partial charge in [0.1, 0.15) is 0 Å². The Hall–Kier alpha value is -1.11. The topological polar surface area (TPSA) is 12.9 Å². The van der Waals surface area contributed by atoms with E-state index < -0.39 is 0 Å². The van der Waals surface area contributed by atoms with Crippen molar-refractivity contribution in [3.63, 3.8) is 0 Å². The first-order chi connectivity index (χ1) is 9.09. The fourth-order valence-corrected chi connectivity index (χ4v) is 3.34. The second kappa shape index (κ2) is 6.36. The fraction of sp³-hybridized carbons (Fsp3) is 0.611. The van der Waals surface area contributed by atoms with Crippen LogP contribution in [-0.4, -0.2) is 4.98 Å². The Bertz CT molecular complexity index is 435. The van der Waals surface area contributed by atoms with E-state index in [2.05, 4.69) is 52.0 Å². The zero-order valence-electron chi connectivity index (χ0n) is 12.8. The van der Waals surface area contributed by atoms with Crippen LogP contribution >= 0.6 is 0 Å². The lowest BCUT2D eigenvalue weighted by Crippen LogP contribution is -2.15. The molecule has 104 valence electrons.